The number of benzene rings is 1. The maximum atomic E-state index is 10.6. The van der Waals surface area contributed by atoms with Gasteiger partial charge in [0.2, 0.25) is 0 Å². The summed E-state index contributed by atoms with van der Waals surface area (Å²) >= 11 is 0. The van der Waals surface area contributed by atoms with Crippen LogP contribution in [-0.2, 0) is 0 Å². The second-order valence-electron chi connectivity index (χ2n) is 3.23. The van der Waals surface area contributed by atoms with E-state index in [0.717, 1.165) is 16.5 Å². The Bertz CT molecular complexity index is 523. The van der Waals surface area contributed by atoms with Crippen molar-refractivity contribution < 1.29 is 9.90 Å². The third-order valence-electron chi connectivity index (χ3n) is 2.25. The summed E-state index contributed by atoms with van der Waals surface area (Å²) in [6.45, 7) is 1.90. The van der Waals surface area contributed by atoms with Gasteiger partial charge in [-0.05, 0) is 19.1 Å². The maximum Gasteiger partial charge on any atom is 0.409 e. The van der Waals surface area contributed by atoms with Crippen molar-refractivity contribution in [2.45, 2.75) is 6.92 Å². The third kappa shape index (κ3) is 1.74. The summed E-state index contributed by atoms with van der Waals surface area (Å²) in [6.07, 6.45) is 0.613. The highest BCUT2D eigenvalue weighted by atomic mass is 16.4. The van der Waals surface area contributed by atoms with E-state index in [1.165, 1.54) is 0 Å². The smallest absolute Gasteiger partial charge is 0.409 e. The number of nitrogens with one attached hydrogen (secondary N) is 1. The molecule has 2 rings (SSSR count). The first-order chi connectivity index (χ1) is 7.18. The number of anilines is 1. The van der Waals surface area contributed by atoms with Crippen LogP contribution in [0.4, 0.5) is 10.5 Å². The molecule has 76 valence electrons. The number of rotatable bonds is 1. The Balaban J connectivity index is 2.65. The van der Waals surface area contributed by atoms with Gasteiger partial charge in [-0.3, -0.25) is 10.3 Å². The van der Waals surface area contributed by atoms with Gasteiger partial charge < -0.3 is 5.11 Å². The maximum absolute atomic E-state index is 10.6. The minimum atomic E-state index is -1.06. The molecular weight excluding hydrogens is 192 g/mol. The van der Waals surface area contributed by atoms with Crippen LogP contribution in [0, 0.1) is 6.92 Å². The molecule has 2 N–H and O–H groups in total. The Labute approximate surface area is 86.6 Å². The standard InChI is InChI=1S/C11H10N2O2/c1-7-8-3-2-4-10(13-11(14)15)9(8)5-6-12-7/h2-6,13H,1H3,(H,14,15). The molecule has 0 fully saturated rings. The predicted molar refractivity (Wildman–Crippen MR) is 58.1 cm³/mol. The largest absolute Gasteiger partial charge is 0.465 e. The molecular formula is C11H10N2O2. The zero-order valence-electron chi connectivity index (χ0n) is 8.19. The molecule has 1 amide bonds. The van der Waals surface area contributed by atoms with Crippen molar-refractivity contribution >= 4 is 22.6 Å². The lowest BCUT2D eigenvalue weighted by molar-refractivity contribution is 0.210. The molecule has 0 unspecified atom stereocenters. The summed E-state index contributed by atoms with van der Waals surface area (Å²) in [5, 5.41) is 12.9. The highest BCUT2D eigenvalue weighted by Gasteiger charge is 2.04. The Morgan fingerprint density at radius 3 is 2.87 bits per heavy atom. The number of carboxylic acid groups (broad SMARTS) is 1. The number of pyridine rings is 1. The zero-order valence-corrected chi connectivity index (χ0v) is 8.19. The van der Waals surface area contributed by atoms with Crippen LogP contribution in [0.15, 0.2) is 30.5 Å². The van der Waals surface area contributed by atoms with Crippen LogP contribution in [0.5, 0.6) is 0 Å². The summed E-state index contributed by atoms with van der Waals surface area (Å²) in [5.74, 6) is 0. The van der Waals surface area contributed by atoms with Crippen LogP contribution < -0.4 is 5.32 Å². The normalized spacial score (nSPS) is 10.2. The van der Waals surface area contributed by atoms with Gasteiger partial charge in [-0.2, -0.15) is 0 Å². The number of fused-ring (bicyclic) bond motifs is 1. The first-order valence-electron chi connectivity index (χ1n) is 4.53. The van der Waals surface area contributed by atoms with Gasteiger partial charge in [0, 0.05) is 22.7 Å². The average Bonchev–Trinajstić information content (AvgIpc) is 2.19. The Kier molecular flexibility index (Phi) is 2.25. The molecule has 0 radical (unpaired) electrons. The van der Waals surface area contributed by atoms with E-state index in [1.807, 2.05) is 19.1 Å². The van der Waals surface area contributed by atoms with Crippen molar-refractivity contribution in [2.24, 2.45) is 0 Å². The van der Waals surface area contributed by atoms with Crippen LogP contribution in [-0.4, -0.2) is 16.2 Å². The van der Waals surface area contributed by atoms with Crippen molar-refractivity contribution in [1.82, 2.24) is 4.98 Å². The Morgan fingerprint density at radius 1 is 1.33 bits per heavy atom. The lowest BCUT2D eigenvalue weighted by Gasteiger charge is -2.06. The molecule has 0 aliphatic heterocycles. The van der Waals surface area contributed by atoms with Gasteiger partial charge in [0.05, 0.1) is 5.69 Å². The fourth-order valence-electron chi connectivity index (χ4n) is 1.58. The number of nitrogens with zero attached hydrogens (tertiary/aromatic N) is 1. The van der Waals surface area contributed by atoms with Crippen molar-refractivity contribution in [2.75, 3.05) is 5.32 Å². The average molecular weight is 202 g/mol. The zero-order chi connectivity index (χ0) is 10.8. The van der Waals surface area contributed by atoms with E-state index in [2.05, 4.69) is 10.3 Å². The molecule has 1 aromatic carbocycles. The molecule has 0 bridgehead atoms. The second kappa shape index (κ2) is 3.57. The van der Waals surface area contributed by atoms with E-state index in [4.69, 9.17) is 5.11 Å². The number of carbonyl (C=O) groups is 1. The van der Waals surface area contributed by atoms with Gasteiger partial charge in [0.15, 0.2) is 0 Å². The van der Waals surface area contributed by atoms with Gasteiger partial charge in [0.25, 0.3) is 0 Å². The van der Waals surface area contributed by atoms with Gasteiger partial charge in [-0.25, -0.2) is 4.79 Å². The molecule has 0 aliphatic carbocycles. The molecule has 15 heavy (non-hydrogen) atoms. The molecule has 1 aromatic heterocycles. The number of aryl methyl sites for hydroxylation is 1. The van der Waals surface area contributed by atoms with E-state index < -0.39 is 6.09 Å². The second-order valence-corrected chi connectivity index (χ2v) is 3.23. The minimum absolute atomic E-state index is 0.588. The summed E-state index contributed by atoms with van der Waals surface area (Å²) in [5.41, 5.74) is 1.48. The number of amides is 1. The van der Waals surface area contributed by atoms with E-state index in [9.17, 15) is 4.79 Å². The quantitative estimate of drug-likeness (QED) is 0.747. The molecule has 1 heterocycles. The van der Waals surface area contributed by atoms with Crippen LogP contribution in [0.3, 0.4) is 0 Å². The first-order valence-corrected chi connectivity index (χ1v) is 4.53. The fraction of sp³-hybridized carbons (Fsp3) is 0.0909. The van der Waals surface area contributed by atoms with Gasteiger partial charge in [-0.1, -0.05) is 12.1 Å². The predicted octanol–water partition coefficient (Wildman–Crippen LogP) is 2.63. The lowest BCUT2D eigenvalue weighted by atomic mass is 10.1. The molecule has 0 atom stereocenters. The summed E-state index contributed by atoms with van der Waals surface area (Å²) < 4.78 is 0. The lowest BCUT2D eigenvalue weighted by Crippen LogP contribution is -2.07. The topological polar surface area (TPSA) is 62.2 Å². The van der Waals surface area contributed by atoms with Crippen molar-refractivity contribution in [3.05, 3.63) is 36.2 Å². The SMILES string of the molecule is Cc1nccc2c(NC(=O)O)cccc12. The van der Waals surface area contributed by atoms with Crippen molar-refractivity contribution in [3.63, 3.8) is 0 Å². The van der Waals surface area contributed by atoms with Gasteiger partial charge in [0.1, 0.15) is 0 Å². The van der Waals surface area contributed by atoms with Crippen LogP contribution in [0.2, 0.25) is 0 Å². The summed E-state index contributed by atoms with van der Waals surface area (Å²) in [6, 6.07) is 7.26. The molecule has 0 saturated carbocycles. The molecule has 0 saturated heterocycles. The molecule has 0 aliphatic rings. The van der Waals surface area contributed by atoms with Gasteiger partial charge >= 0.3 is 6.09 Å². The number of hydrogen-bond acceptors (Lipinski definition) is 2. The summed E-state index contributed by atoms with van der Waals surface area (Å²) in [4.78, 5) is 14.7. The molecule has 0 spiro atoms. The minimum Gasteiger partial charge on any atom is -0.465 e. The molecule has 2 aromatic rings. The highest BCUT2D eigenvalue weighted by molar-refractivity contribution is 6.00. The first kappa shape index (κ1) is 9.45. The highest BCUT2D eigenvalue weighted by Crippen LogP contribution is 2.24. The molecule has 4 nitrogen and oxygen atoms in total. The summed E-state index contributed by atoms with van der Waals surface area (Å²) in [7, 11) is 0. The van der Waals surface area contributed by atoms with Crippen LogP contribution in [0.25, 0.3) is 10.8 Å². The Morgan fingerprint density at radius 2 is 2.13 bits per heavy atom. The van der Waals surface area contributed by atoms with E-state index in [0.29, 0.717) is 5.69 Å². The Hall–Kier alpha value is -2.10. The monoisotopic (exact) mass is 202 g/mol. The number of hydrogen-bond donors (Lipinski definition) is 2. The van der Waals surface area contributed by atoms with E-state index in [1.54, 1.807) is 18.3 Å². The number of aromatic nitrogens is 1. The van der Waals surface area contributed by atoms with Gasteiger partial charge in [-0.15, -0.1) is 0 Å². The molecule has 4 heteroatoms. The van der Waals surface area contributed by atoms with E-state index in [-0.39, 0.29) is 0 Å². The van der Waals surface area contributed by atoms with Crippen LogP contribution >= 0.6 is 0 Å². The van der Waals surface area contributed by atoms with E-state index >= 15 is 0 Å². The van der Waals surface area contributed by atoms with Crippen molar-refractivity contribution in [1.29, 1.82) is 0 Å². The fourth-order valence-corrected chi connectivity index (χ4v) is 1.58. The van der Waals surface area contributed by atoms with Crippen molar-refractivity contribution in [3.8, 4) is 0 Å². The third-order valence-corrected chi connectivity index (χ3v) is 2.25. The van der Waals surface area contributed by atoms with Crippen LogP contribution in [0.1, 0.15) is 5.69 Å².